The van der Waals surface area contributed by atoms with Gasteiger partial charge in [0.1, 0.15) is 12.4 Å². The number of rotatable bonds is 4. The summed E-state index contributed by atoms with van der Waals surface area (Å²) in [6.45, 7) is 6.40. The molecule has 2 saturated carbocycles. The third-order valence-corrected chi connectivity index (χ3v) is 6.43. The summed E-state index contributed by atoms with van der Waals surface area (Å²) in [6, 6.07) is 5.59. The Bertz CT molecular complexity index is 666. The van der Waals surface area contributed by atoms with Crippen LogP contribution in [0.25, 0.3) is 0 Å². The SMILES string of the molecule is CC12CCC(C(COC(=O)c3ccc([NH+]([O-])O)cc3)C1=O)C2(C)C. The van der Waals surface area contributed by atoms with Gasteiger partial charge in [0, 0.05) is 17.5 Å². The van der Waals surface area contributed by atoms with Gasteiger partial charge in [0.2, 0.25) is 0 Å². The molecule has 0 saturated heterocycles. The minimum atomic E-state index is -1.04. The lowest BCUT2D eigenvalue weighted by Crippen LogP contribution is -2.99. The van der Waals surface area contributed by atoms with Gasteiger partial charge in [-0.25, -0.2) is 10.0 Å². The second-order valence-corrected chi connectivity index (χ2v) is 7.65. The zero-order valence-electron chi connectivity index (χ0n) is 14.2. The quantitative estimate of drug-likeness (QED) is 0.648. The molecular weight excluding hydrogens is 310 g/mol. The predicted octanol–water partition coefficient (Wildman–Crippen LogP) is 1.89. The standard InChI is InChI=1S/C18H23NO5/c1-17(2)14-8-9-18(17,3)15(20)13(14)10-24-16(21)11-4-6-12(7-5-11)19(22)23/h4-7,13-14,19,22H,8-10H2,1-3H3. The second-order valence-electron chi connectivity index (χ2n) is 7.65. The maximum absolute atomic E-state index is 12.7. The third kappa shape index (κ3) is 2.37. The van der Waals surface area contributed by atoms with Crippen molar-refractivity contribution in [2.24, 2.45) is 22.7 Å². The molecule has 1 aromatic carbocycles. The van der Waals surface area contributed by atoms with E-state index < -0.39 is 11.2 Å². The van der Waals surface area contributed by atoms with Gasteiger partial charge in [0.15, 0.2) is 5.69 Å². The lowest BCUT2D eigenvalue weighted by Gasteiger charge is -2.32. The van der Waals surface area contributed by atoms with E-state index in [1.54, 1.807) is 0 Å². The number of carbonyl (C=O) groups excluding carboxylic acids is 2. The Morgan fingerprint density at radius 1 is 1.33 bits per heavy atom. The Morgan fingerprint density at radius 2 is 1.96 bits per heavy atom. The lowest BCUT2D eigenvalue weighted by atomic mass is 9.70. The fourth-order valence-corrected chi connectivity index (χ4v) is 4.46. The van der Waals surface area contributed by atoms with Crippen molar-refractivity contribution in [3.05, 3.63) is 35.0 Å². The Kier molecular flexibility index (Phi) is 4.02. The Labute approximate surface area is 140 Å². The van der Waals surface area contributed by atoms with Gasteiger partial charge in [0.25, 0.3) is 0 Å². The molecule has 0 spiro atoms. The van der Waals surface area contributed by atoms with Crippen LogP contribution in [0, 0.1) is 27.9 Å². The summed E-state index contributed by atoms with van der Waals surface area (Å²) in [7, 11) is 0. The van der Waals surface area contributed by atoms with E-state index in [0.29, 0.717) is 5.56 Å². The van der Waals surface area contributed by atoms with Gasteiger partial charge < -0.3 is 9.94 Å². The van der Waals surface area contributed by atoms with E-state index in [9.17, 15) is 14.8 Å². The minimum Gasteiger partial charge on any atom is -0.595 e. The molecule has 2 bridgehead atoms. The first-order valence-corrected chi connectivity index (χ1v) is 8.23. The molecule has 2 aliphatic carbocycles. The number of Topliss-reactive ketones (excluding diaryl/α,β-unsaturated/α-hetero) is 1. The highest BCUT2D eigenvalue weighted by atomic mass is 16.8. The highest BCUT2D eigenvalue weighted by molar-refractivity contribution is 5.93. The smallest absolute Gasteiger partial charge is 0.338 e. The molecule has 6 heteroatoms. The van der Waals surface area contributed by atoms with Gasteiger partial charge in [-0.15, -0.1) is 0 Å². The number of carbonyl (C=O) groups is 2. The molecule has 4 unspecified atom stereocenters. The number of quaternary nitrogens is 1. The topological polar surface area (TPSA) is 91.1 Å². The Balaban J connectivity index is 1.66. The summed E-state index contributed by atoms with van der Waals surface area (Å²) in [6.07, 6.45) is 1.90. The van der Waals surface area contributed by atoms with Crippen LogP contribution in [-0.4, -0.2) is 23.6 Å². The largest absolute Gasteiger partial charge is 0.595 e. The van der Waals surface area contributed by atoms with E-state index in [-0.39, 0.29) is 40.7 Å². The van der Waals surface area contributed by atoms with Crippen molar-refractivity contribution >= 4 is 17.4 Å². The van der Waals surface area contributed by atoms with Gasteiger partial charge in [-0.3, -0.25) is 4.79 Å². The van der Waals surface area contributed by atoms with Crippen LogP contribution in [0.1, 0.15) is 44.0 Å². The van der Waals surface area contributed by atoms with Crippen LogP contribution in [0.3, 0.4) is 0 Å². The van der Waals surface area contributed by atoms with Gasteiger partial charge in [-0.05, 0) is 36.3 Å². The van der Waals surface area contributed by atoms with E-state index in [2.05, 4.69) is 13.8 Å². The van der Waals surface area contributed by atoms with Crippen molar-refractivity contribution in [3.63, 3.8) is 0 Å². The van der Waals surface area contributed by atoms with Crippen molar-refractivity contribution < 1.29 is 24.8 Å². The summed E-state index contributed by atoms with van der Waals surface area (Å²) in [4.78, 5) is 24.9. The average Bonchev–Trinajstić information content (AvgIpc) is 2.85. The highest BCUT2D eigenvalue weighted by Crippen LogP contribution is 2.65. The fourth-order valence-electron chi connectivity index (χ4n) is 4.46. The van der Waals surface area contributed by atoms with E-state index in [1.165, 1.54) is 24.3 Å². The van der Waals surface area contributed by atoms with E-state index in [4.69, 9.17) is 9.94 Å². The zero-order valence-corrected chi connectivity index (χ0v) is 14.2. The predicted molar refractivity (Wildman–Crippen MR) is 85.6 cm³/mol. The van der Waals surface area contributed by atoms with Crippen molar-refractivity contribution in [3.8, 4) is 0 Å². The average molecular weight is 333 g/mol. The summed E-state index contributed by atoms with van der Waals surface area (Å²) in [5.41, 5.74) is 0.0212. The monoisotopic (exact) mass is 333 g/mol. The van der Waals surface area contributed by atoms with Crippen molar-refractivity contribution in [2.75, 3.05) is 6.61 Å². The number of ketones is 1. The second kappa shape index (κ2) is 5.65. The first kappa shape index (κ1) is 17.1. The normalized spacial score (nSPS) is 32.0. The van der Waals surface area contributed by atoms with Crippen LogP contribution in [-0.2, 0) is 9.53 Å². The Hall–Kier alpha value is -1.76. The van der Waals surface area contributed by atoms with Crippen molar-refractivity contribution in [1.82, 2.24) is 0 Å². The molecule has 0 heterocycles. The molecule has 2 aliphatic rings. The number of benzene rings is 1. The number of nitrogens with one attached hydrogen (secondary N) is 1. The molecule has 0 aromatic heterocycles. The third-order valence-electron chi connectivity index (χ3n) is 6.43. The minimum absolute atomic E-state index is 0.0652. The molecule has 24 heavy (non-hydrogen) atoms. The molecule has 130 valence electrons. The summed E-state index contributed by atoms with van der Waals surface area (Å²) in [5.74, 6) is -0.304. The molecule has 2 fully saturated rings. The molecule has 0 amide bonds. The summed E-state index contributed by atoms with van der Waals surface area (Å²) >= 11 is 0. The van der Waals surface area contributed by atoms with Gasteiger partial charge in [-0.1, -0.05) is 20.8 Å². The molecule has 2 N–H and O–H groups in total. The molecule has 3 rings (SSSR count). The van der Waals surface area contributed by atoms with Crippen molar-refractivity contribution in [2.45, 2.75) is 33.6 Å². The van der Waals surface area contributed by atoms with Gasteiger partial charge in [0.05, 0.1) is 11.5 Å². The molecule has 4 atom stereocenters. The van der Waals surface area contributed by atoms with Crippen LogP contribution in [0.5, 0.6) is 0 Å². The first-order valence-electron chi connectivity index (χ1n) is 8.23. The lowest BCUT2D eigenvalue weighted by molar-refractivity contribution is -0.991. The van der Waals surface area contributed by atoms with Crippen LogP contribution in [0.4, 0.5) is 5.69 Å². The first-order chi connectivity index (χ1) is 11.2. The number of hydrogen-bond acceptors (Lipinski definition) is 5. The van der Waals surface area contributed by atoms with Gasteiger partial charge in [-0.2, -0.15) is 5.23 Å². The molecule has 6 nitrogen and oxygen atoms in total. The molecule has 0 radical (unpaired) electrons. The number of ether oxygens (including phenoxy) is 1. The van der Waals surface area contributed by atoms with Crippen LogP contribution in [0.15, 0.2) is 24.3 Å². The molecular formula is C18H23NO5. The number of esters is 1. The van der Waals surface area contributed by atoms with E-state index >= 15 is 0 Å². The Morgan fingerprint density at radius 3 is 2.46 bits per heavy atom. The maximum Gasteiger partial charge on any atom is 0.338 e. The summed E-state index contributed by atoms with van der Waals surface area (Å²) < 4.78 is 5.37. The fraction of sp³-hybridized carbons (Fsp3) is 0.556. The zero-order chi connectivity index (χ0) is 17.7. The van der Waals surface area contributed by atoms with Crippen LogP contribution < -0.4 is 5.23 Å². The van der Waals surface area contributed by atoms with Crippen LogP contribution in [0.2, 0.25) is 0 Å². The number of hydrogen-bond donors (Lipinski definition) is 2. The highest BCUT2D eigenvalue weighted by Gasteiger charge is 2.66. The molecule has 0 aliphatic heterocycles. The number of fused-ring (bicyclic) bond motifs is 2. The molecule has 1 aromatic rings. The van der Waals surface area contributed by atoms with Gasteiger partial charge >= 0.3 is 5.97 Å². The van der Waals surface area contributed by atoms with Crippen LogP contribution >= 0.6 is 0 Å². The van der Waals surface area contributed by atoms with Crippen molar-refractivity contribution in [1.29, 1.82) is 0 Å². The summed E-state index contributed by atoms with van der Waals surface area (Å²) in [5, 5.41) is 18.7. The van der Waals surface area contributed by atoms with E-state index in [0.717, 1.165) is 12.8 Å². The maximum atomic E-state index is 12.7. The van der Waals surface area contributed by atoms with E-state index in [1.807, 2.05) is 6.92 Å².